The van der Waals surface area contributed by atoms with Gasteiger partial charge in [0.15, 0.2) is 24.7 Å². The van der Waals surface area contributed by atoms with E-state index in [4.69, 9.17) is 9.47 Å². The quantitative estimate of drug-likeness (QED) is 0.161. The summed E-state index contributed by atoms with van der Waals surface area (Å²) in [5.41, 5.74) is 45.7. The maximum atomic E-state index is 5.46. The van der Waals surface area contributed by atoms with Crippen molar-refractivity contribution in [2.45, 2.75) is 111 Å². The van der Waals surface area contributed by atoms with Gasteiger partial charge in [0.2, 0.25) is 0 Å². The van der Waals surface area contributed by atoms with Crippen molar-refractivity contribution in [2.24, 2.45) is 21.1 Å². The van der Waals surface area contributed by atoms with E-state index in [9.17, 15) is 0 Å². The Labute approximate surface area is 691 Å². The van der Waals surface area contributed by atoms with Gasteiger partial charge in [0.05, 0.1) is 31.3 Å². The maximum absolute atomic E-state index is 5.46. The third kappa shape index (κ3) is 12.6. The highest BCUT2D eigenvalue weighted by Crippen LogP contribution is 2.51. The SMILES string of the molecule is COc1ccc2c(c1)c1c(n2C)-c2ccccc2C1.COc1ccc2c(c1)c1c(n2[Si](C)(C)C)-c2ccccc2C1.C[Si](C)(C)n1c2c(c3ccccc31)Cc1ccccc1-2.Cc1ccc2c(c1)c1c(n2C)-c2ccccc2C1.Cc1ccc2c(c1)c1c(n2[Si](C)(C)C)-c2ccccc2C1.Cn1c2c(c3ccccc31)Cc1ccccc1-2. The van der Waals surface area contributed by atoms with E-state index >= 15 is 0 Å². The number of rotatable bonds is 5. The molecule has 117 heavy (non-hydrogen) atoms. The minimum Gasteiger partial charge on any atom is -0.497 e. The van der Waals surface area contributed by atoms with E-state index in [-0.39, 0.29) is 0 Å². The molecule has 0 saturated carbocycles. The lowest BCUT2D eigenvalue weighted by Crippen LogP contribution is -2.32. The predicted octanol–water partition coefficient (Wildman–Crippen LogP) is 26.6. The van der Waals surface area contributed by atoms with Gasteiger partial charge in [-0.15, -0.1) is 0 Å². The van der Waals surface area contributed by atoms with Crippen molar-refractivity contribution < 1.29 is 9.47 Å². The lowest BCUT2D eigenvalue weighted by molar-refractivity contribution is 0.415. The zero-order chi connectivity index (χ0) is 80.8. The normalized spacial score (nSPS) is 13.1. The van der Waals surface area contributed by atoms with Crippen molar-refractivity contribution in [1.82, 2.24) is 26.4 Å². The largest absolute Gasteiger partial charge is 0.497 e. The highest BCUT2D eigenvalue weighted by molar-refractivity contribution is 6.77. The molecule has 8 nitrogen and oxygen atoms in total. The first-order valence-corrected chi connectivity index (χ1v) is 52.1. The lowest BCUT2D eigenvalue weighted by Gasteiger charge is -2.24. The molecular weight excluding hydrogens is 1470 g/mol. The van der Waals surface area contributed by atoms with Gasteiger partial charge < -0.3 is 35.9 Å². The van der Waals surface area contributed by atoms with Crippen molar-refractivity contribution in [3.8, 4) is 79.0 Å². The number of hydrogen-bond donors (Lipinski definition) is 0. The molecule has 582 valence electrons. The highest BCUT2D eigenvalue weighted by Gasteiger charge is 2.36. The smallest absolute Gasteiger partial charge is 0.153 e. The monoisotopic (exact) mass is 1580 g/mol. The Morgan fingerprint density at radius 3 is 0.803 bits per heavy atom. The first-order chi connectivity index (χ1) is 56.4. The molecule has 0 radical (unpaired) electrons. The number of fused-ring (bicyclic) bond motifs is 30. The molecule has 0 atom stereocenters. The summed E-state index contributed by atoms with van der Waals surface area (Å²) in [5.74, 6) is 1.87. The molecule has 6 aliphatic carbocycles. The molecule has 12 aromatic carbocycles. The summed E-state index contributed by atoms with van der Waals surface area (Å²) >= 11 is 0. The molecule has 18 aromatic rings. The van der Waals surface area contributed by atoms with Gasteiger partial charge in [-0.1, -0.05) is 264 Å². The molecule has 0 unspecified atom stereocenters. The van der Waals surface area contributed by atoms with Crippen molar-refractivity contribution in [3.63, 3.8) is 0 Å². The molecule has 0 spiro atoms. The van der Waals surface area contributed by atoms with E-state index in [1.54, 1.807) is 14.2 Å². The third-order valence-electron chi connectivity index (χ3n) is 25.5. The van der Waals surface area contributed by atoms with Crippen LogP contribution in [0, 0.1) is 13.8 Å². The molecule has 0 amide bonds. The van der Waals surface area contributed by atoms with E-state index < -0.39 is 24.7 Å². The number of methoxy groups -OCH3 is 2. The van der Waals surface area contributed by atoms with Crippen LogP contribution in [0.2, 0.25) is 58.9 Å². The van der Waals surface area contributed by atoms with Crippen molar-refractivity contribution >= 4 is 90.1 Å². The molecule has 0 aliphatic heterocycles. The minimum absolute atomic E-state index is 0.928. The Hall–Kier alpha value is -11.9. The molecule has 0 N–H and O–H groups in total. The Bertz CT molecular complexity index is 7060. The van der Waals surface area contributed by atoms with Gasteiger partial charge >= 0.3 is 0 Å². The molecule has 24 rings (SSSR count). The number of hydrogen-bond acceptors (Lipinski definition) is 2. The molecule has 6 heterocycles. The summed E-state index contributed by atoms with van der Waals surface area (Å²) in [7, 11) is 5.51. The van der Waals surface area contributed by atoms with Crippen molar-refractivity contribution in [3.05, 3.63) is 345 Å². The molecule has 6 aliphatic rings. The standard InChI is InChI=1S/C19H21NOSi.C19H21NSi.C18H19NSi.C17H15NO.C17H15N.C16H13N/c1-21-14-9-10-18-16(12-14)17-11-13-7-5-6-8-15(13)19(17)20(18)22(2,3)4;1-13-9-10-18-16(11-13)17-12-14-7-5-6-8-15(14)19(17)20(18)21(2,3)4;1-20(2,3)19-17-11-7-6-10-15(17)16-12-13-8-4-5-9-14(13)18(16)19;1-18-16-8-7-12(19-2)10-14(16)15-9-11-5-3-4-6-13(11)17(15)18;1-11-7-8-16-14(9-11)15-10-12-5-3-4-6-13(12)17(15)18(16)2;1-17-15-9-5-4-8-13(15)14-10-11-6-2-3-7-12(11)16(14)17/h5-10,12H,11H2,1-4H3;5-11H,12H2,1-4H3;4-11H,12H2,1-3H3;3-8,10H,9H2,1-2H3;3-9H,10H2,1-2H3;2-9H,10H2,1H3. The van der Waals surface area contributed by atoms with Gasteiger partial charge in [0.1, 0.15) is 11.5 Å². The van der Waals surface area contributed by atoms with Crippen LogP contribution in [0.5, 0.6) is 11.5 Å². The Balaban J connectivity index is 0.0000000936. The molecule has 11 heteroatoms. The van der Waals surface area contributed by atoms with Crippen LogP contribution in [0.3, 0.4) is 0 Å². The summed E-state index contributed by atoms with van der Waals surface area (Å²) in [6.07, 6.45) is 6.38. The summed E-state index contributed by atoms with van der Waals surface area (Å²) in [6, 6.07) is 97.0. The fraction of sp³-hybridized carbons (Fsp3) is 0.208. The van der Waals surface area contributed by atoms with Crippen LogP contribution < -0.4 is 9.47 Å². The maximum Gasteiger partial charge on any atom is 0.153 e. The molecule has 0 bridgehead atoms. The van der Waals surface area contributed by atoms with E-state index in [0.717, 1.165) is 50.0 Å². The second-order valence-corrected chi connectivity index (χ2v) is 50.4. The summed E-state index contributed by atoms with van der Waals surface area (Å²) < 4.78 is 25.7. The fourth-order valence-electron chi connectivity index (χ4n) is 20.6. The topological polar surface area (TPSA) is 48.0 Å². The fourth-order valence-corrected chi connectivity index (χ4v) is 26.1. The van der Waals surface area contributed by atoms with Crippen molar-refractivity contribution in [2.75, 3.05) is 14.2 Å². The third-order valence-corrected chi connectivity index (χ3v) is 30.9. The highest BCUT2D eigenvalue weighted by atomic mass is 28.3. The Morgan fingerprint density at radius 2 is 0.453 bits per heavy atom. The van der Waals surface area contributed by atoms with Gasteiger partial charge in [-0.05, 0) is 153 Å². The second kappa shape index (κ2) is 28.8. The molecule has 0 fully saturated rings. The zero-order valence-corrected chi connectivity index (χ0v) is 73.6. The number of aryl methyl sites for hydroxylation is 5. The van der Waals surface area contributed by atoms with E-state index in [1.165, 1.54) is 211 Å². The molecule has 6 aromatic heterocycles. The van der Waals surface area contributed by atoms with Gasteiger partial charge in [-0.3, -0.25) is 0 Å². The second-order valence-electron chi connectivity index (χ2n) is 36.0. The number of aromatic nitrogens is 6. The predicted molar refractivity (Wildman–Crippen MR) is 503 cm³/mol. The summed E-state index contributed by atoms with van der Waals surface area (Å²) in [4.78, 5) is 0. The Morgan fingerprint density at radius 1 is 0.231 bits per heavy atom. The summed E-state index contributed by atoms with van der Waals surface area (Å²) in [5, 5.41) is 8.40. The lowest BCUT2D eigenvalue weighted by atomic mass is 10.1. The van der Waals surface area contributed by atoms with E-state index in [2.05, 4.69) is 381 Å². The summed E-state index contributed by atoms with van der Waals surface area (Å²) in [6.45, 7) is 26.2. The zero-order valence-electron chi connectivity index (χ0n) is 70.6. The Kier molecular flexibility index (Phi) is 18.5. The number of nitrogens with zero attached hydrogens (tertiary/aromatic N) is 6. The van der Waals surface area contributed by atoms with Crippen LogP contribution in [0.15, 0.2) is 267 Å². The number of para-hydroxylation sites is 2. The first-order valence-electron chi connectivity index (χ1n) is 41.7. The molecular formula is C106H104N6O2Si3. The van der Waals surface area contributed by atoms with Gasteiger partial charge in [0.25, 0.3) is 0 Å². The average molecular weight is 1580 g/mol. The number of benzene rings is 12. The van der Waals surface area contributed by atoms with Crippen LogP contribution in [-0.2, 0) is 59.7 Å². The van der Waals surface area contributed by atoms with Gasteiger partial charge in [-0.2, -0.15) is 0 Å². The number of ether oxygens (including phenoxy) is 2. The van der Waals surface area contributed by atoms with E-state index in [0.29, 0.717) is 0 Å². The van der Waals surface area contributed by atoms with Crippen LogP contribution >= 0.6 is 0 Å². The average Bonchev–Trinajstić information content (AvgIpc) is 1.63. The van der Waals surface area contributed by atoms with Gasteiger partial charge in [0, 0.05) is 176 Å². The van der Waals surface area contributed by atoms with E-state index in [1.807, 2.05) is 6.07 Å². The van der Waals surface area contributed by atoms with Crippen LogP contribution in [0.4, 0.5) is 0 Å². The first kappa shape index (κ1) is 75.2. The van der Waals surface area contributed by atoms with Gasteiger partial charge in [-0.25, -0.2) is 0 Å². The van der Waals surface area contributed by atoms with Crippen LogP contribution in [0.1, 0.15) is 77.9 Å². The van der Waals surface area contributed by atoms with Crippen LogP contribution in [0.25, 0.3) is 133 Å². The van der Waals surface area contributed by atoms with Crippen molar-refractivity contribution in [1.29, 1.82) is 0 Å². The minimum atomic E-state index is -1.52. The molecule has 0 saturated heterocycles. The van der Waals surface area contributed by atoms with Crippen LogP contribution in [-0.4, -0.2) is 65.3 Å².